The number of aromatic nitrogens is 1. The van der Waals surface area contributed by atoms with Gasteiger partial charge in [-0.15, -0.1) is 0 Å². The number of nitriles is 1. The van der Waals surface area contributed by atoms with Gasteiger partial charge in [-0.25, -0.2) is 5.48 Å². The molecular weight excluding hydrogens is 406 g/mol. The van der Waals surface area contributed by atoms with Crippen molar-refractivity contribution < 1.29 is 18.4 Å². The zero-order valence-electron chi connectivity index (χ0n) is 16.5. The number of piperidine rings is 2. The van der Waals surface area contributed by atoms with Crippen LogP contribution in [0.25, 0.3) is 10.9 Å². The summed E-state index contributed by atoms with van der Waals surface area (Å²) in [6, 6.07) is 6.83. The number of nitrogens with one attached hydrogen (secondary N) is 2. The van der Waals surface area contributed by atoms with Crippen LogP contribution in [0.3, 0.4) is 0 Å². The quantitative estimate of drug-likeness (QED) is 0.502. The Kier molecular flexibility index (Phi) is 5.79. The van der Waals surface area contributed by atoms with Gasteiger partial charge in [-0.2, -0.15) is 22.3 Å². The summed E-state index contributed by atoms with van der Waals surface area (Å²) in [4.78, 5) is 15.2. The van der Waals surface area contributed by atoms with E-state index >= 15 is 0 Å². The lowest BCUT2D eigenvalue weighted by molar-refractivity contribution is -0.134. The fraction of sp³-hybridized carbons (Fsp3) is 0.500. The number of hydroxylamine groups is 1. The molecule has 0 aliphatic carbocycles. The highest BCUT2D eigenvalue weighted by Gasteiger charge is 2.41. The van der Waals surface area contributed by atoms with E-state index < -0.39 is 22.2 Å². The van der Waals surface area contributed by atoms with Crippen molar-refractivity contribution in [2.45, 2.75) is 44.1 Å². The Balaban J connectivity index is 1.50. The molecule has 1 aromatic heterocycles. The van der Waals surface area contributed by atoms with Crippen molar-refractivity contribution in [2.75, 3.05) is 19.6 Å². The maximum absolute atomic E-state index is 13.2. The lowest BCUT2D eigenvalue weighted by Gasteiger charge is -2.39. The number of carbonyl (C=O) groups is 1. The van der Waals surface area contributed by atoms with E-state index in [0.29, 0.717) is 44.3 Å². The fourth-order valence-electron chi connectivity index (χ4n) is 4.61. The Morgan fingerprint density at radius 1 is 1.20 bits per heavy atom. The maximum Gasteiger partial charge on any atom is 0.282 e. The third-order valence-corrected chi connectivity index (χ3v) is 8.27. The average molecular weight is 432 g/mol. The summed E-state index contributed by atoms with van der Waals surface area (Å²) in [5.41, 5.74) is 4.27. The molecule has 3 N–H and O–H groups in total. The monoisotopic (exact) mass is 431 g/mol. The molecule has 1 aromatic carbocycles. The van der Waals surface area contributed by atoms with Crippen molar-refractivity contribution in [2.24, 2.45) is 0 Å². The van der Waals surface area contributed by atoms with Gasteiger partial charge in [0, 0.05) is 36.7 Å². The van der Waals surface area contributed by atoms with Crippen LogP contribution in [0.1, 0.15) is 49.1 Å². The summed E-state index contributed by atoms with van der Waals surface area (Å²) >= 11 is 0. The van der Waals surface area contributed by atoms with E-state index in [4.69, 9.17) is 5.21 Å². The first kappa shape index (κ1) is 20.8. The molecule has 160 valence electrons. The number of H-pyrrole nitrogens is 1. The Hall–Kier alpha value is -2.45. The molecule has 0 radical (unpaired) electrons. The van der Waals surface area contributed by atoms with Crippen molar-refractivity contribution in [1.82, 2.24) is 19.1 Å². The fourth-order valence-corrected chi connectivity index (χ4v) is 6.46. The topological polar surface area (TPSA) is 130 Å². The number of aromatic amines is 1. The highest BCUT2D eigenvalue weighted by atomic mass is 32.2. The lowest BCUT2D eigenvalue weighted by Crippen LogP contribution is -2.56. The summed E-state index contributed by atoms with van der Waals surface area (Å²) in [5.74, 6) is -0.489. The van der Waals surface area contributed by atoms with Crippen LogP contribution in [-0.2, 0) is 15.0 Å². The van der Waals surface area contributed by atoms with E-state index in [2.05, 4.69) is 11.1 Å². The van der Waals surface area contributed by atoms with E-state index in [0.717, 1.165) is 22.9 Å². The van der Waals surface area contributed by atoms with Gasteiger partial charge in [-0.05, 0) is 55.4 Å². The molecule has 2 aromatic rings. The van der Waals surface area contributed by atoms with Gasteiger partial charge in [0.25, 0.3) is 16.1 Å². The summed E-state index contributed by atoms with van der Waals surface area (Å²) in [5, 5.41) is 19.2. The van der Waals surface area contributed by atoms with Crippen molar-refractivity contribution in [3.8, 4) is 6.07 Å². The lowest BCUT2D eigenvalue weighted by atomic mass is 9.90. The molecule has 2 aliphatic rings. The van der Waals surface area contributed by atoms with Crippen LogP contribution in [0.2, 0.25) is 0 Å². The second kappa shape index (κ2) is 8.35. The highest BCUT2D eigenvalue weighted by Crippen LogP contribution is 2.35. The van der Waals surface area contributed by atoms with Crippen molar-refractivity contribution >= 4 is 27.0 Å². The number of benzene rings is 1. The van der Waals surface area contributed by atoms with Gasteiger partial charge in [0.1, 0.15) is 6.04 Å². The molecule has 1 atom stereocenters. The zero-order chi connectivity index (χ0) is 21.3. The molecule has 0 unspecified atom stereocenters. The third kappa shape index (κ3) is 3.70. The van der Waals surface area contributed by atoms with Gasteiger partial charge < -0.3 is 4.98 Å². The first-order valence-corrected chi connectivity index (χ1v) is 11.6. The molecule has 3 heterocycles. The van der Waals surface area contributed by atoms with Gasteiger partial charge in [0.15, 0.2) is 0 Å². The van der Waals surface area contributed by atoms with Crippen LogP contribution >= 0.6 is 0 Å². The van der Waals surface area contributed by atoms with Gasteiger partial charge >= 0.3 is 0 Å². The molecule has 2 aliphatic heterocycles. The summed E-state index contributed by atoms with van der Waals surface area (Å²) in [6.07, 6.45) is 5.12. The number of nitrogens with zero attached hydrogens (tertiary/aromatic N) is 3. The molecule has 4 rings (SSSR count). The predicted molar refractivity (Wildman–Crippen MR) is 110 cm³/mol. The van der Waals surface area contributed by atoms with Gasteiger partial charge in [-0.3, -0.25) is 10.0 Å². The molecule has 10 heteroatoms. The highest BCUT2D eigenvalue weighted by molar-refractivity contribution is 7.86. The van der Waals surface area contributed by atoms with Crippen molar-refractivity contribution in [3.05, 3.63) is 35.5 Å². The molecular formula is C20H25N5O4S. The summed E-state index contributed by atoms with van der Waals surface area (Å²) < 4.78 is 29.1. The number of hydrogen-bond acceptors (Lipinski definition) is 5. The van der Waals surface area contributed by atoms with Gasteiger partial charge in [-0.1, -0.05) is 6.42 Å². The number of rotatable bonds is 4. The van der Waals surface area contributed by atoms with Crippen LogP contribution in [0.5, 0.6) is 0 Å². The Morgan fingerprint density at radius 2 is 1.97 bits per heavy atom. The minimum absolute atomic E-state index is 0.192. The number of fused-ring (bicyclic) bond motifs is 1. The Labute approximate surface area is 175 Å². The number of hydrogen-bond donors (Lipinski definition) is 3. The normalized spacial score (nSPS) is 22.1. The minimum atomic E-state index is -3.79. The Morgan fingerprint density at radius 3 is 2.67 bits per heavy atom. The van der Waals surface area contributed by atoms with E-state index in [1.165, 1.54) is 8.61 Å². The molecule has 0 saturated carbocycles. The molecule has 9 nitrogen and oxygen atoms in total. The maximum atomic E-state index is 13.2. The largest absolute Gasteiger partial charge is 0.361 e. The van der Waals surface area contributed by atoms with Crippen LogP contribution in [-0.4, -0.2) is 58.8 Å². The van der Waals surface area contributed by atoms with Crippen LogP contribution < -0.4 is 5.48 Å². The minimum Gasteiger partial charge on any atom is -0.361 e. The smallest absolute Gasteiger partial charge is 0.282 e. The Bertz CT molecular complexity index is 1080. The van der Waals surface area contributed by atoms with Gasteiger partial charge in [0.05, 0.1) is 11.6 Å². The van der Waals surface area contributed by atoms with Crippen LogP contribution in [0.4, 0.5) is 0 Å². The second-order valence-corrected chi connectivity index (χ2v) is 9.78. The number of amides is 1. The van der Waals surface area contributed by atoms with Crippen molar-refractivity contribution in [1.29, 1.82) is 5.26 Å². The number of carbonyl (C=O) groups excluding carboxylic acids is 1. The SMILES string of the molecule is N#Cc1ccc2[nH]cc(C3CCN(S(=O)(=O)N4CCCC[C@@H]4C(=O)NO)CC3)c2c1. The summed E-state index contributed by atoms with van der Waals surface area (Å²) in [7, 11) is -3.79. The van der Waals surface area contributed by atoms with E-state index in [-0.39, 0.29) is 12.5 Å². The zero-order valence-corrected chi connectivity index (χ0v) is 17.4. The van der Waals surface area contributed by atoms with E-state index in [1.54, 1.807) is 11.5 Å². The first-order valence-electron chi connectivity index (χ1n) is 10.2. The molecule has 0 spiro atoms. The van der Waals surface area contributed by atoms with Crippen LogP contribution in [0, 0.1) is 11.3 Å². The average Bonchev–Trinajstić information content (AvgIpc) is 3.21. The molecule has 0 bridgehead atoms. The molecule has 2 saturated heterocycles. The predicted octanol–water partition coefficient (Wildman–Crippen LogP) is 1.82. The van der Waals surface area contributed by atoms with Crippen molar-refractivity contribution in [3.63, 3.8) is 0 Å². The summed E-state index contributed by atoms with van der Waals surface area (Å²) in [6.45, 7) is 1.00. The third-order valence-electron chi connectivity index (χ3n) is 6.23. The second-order valence-electron chi connectivity index (χ2n) is 7.90. The standard InChI is InChI=1S/C20H25N5O4S/c21-12-14-4-5-18-16(11-14)17(13-22-18)15-6-9-24(10-7-15)30(28,29)25-8-2-1-3-19(25)20(26)23-27/h4-5,11,13,15,19,22,27H,1-3,6-10H2,(H,23,26)/t19-/m1/s1. The van der Waals surface area contributed by atoms with E-state index in [9.17, 15) is 18.5 Å². The van der Waals surface area contributed by atoms with E-state index in [1.807, 2.05) is 18.3 Å². The first-order chi connectivity index (χ1) is 14.5. The van der Waals surface area contributed by atoms with Gasteiger partial charge in [0.2, 0.25) is 0 Å². The molecule has 2 fully saturated rings. The molecule has 1 amide bonds. The van der Waals surface area contributed by atoms with Crippen LogP contribution in [0.15, 0.2) is 24.4 Å². The molecule has 30 heavy (non-hydrogen) atoms.